The fourth-order valence-corrected chi connectivity index (χ4v) is 5.47. The zero-order valence-electron chi connectivity index (χ0n) is 15.9. The van der Waals surface area contributed by atoms with Gasteiger partial charge in [0.05, 0.1) is 4.90 Å². The maximum atomic E-state index is 12.9. The predicted octanol–water partition coefficient (Wildman–Crippen LogP) is 3.89. The van der Waals surface area contributed by atoms with Crippen molar-refractivity contribution in [1.29, 1.82) is 0 Å². The fraction of sp³-hybridized carbons (Fsp3) is 0.409. The van der Waals surface area contributed by atoms with Gasteiger partial charge in [-0.05, 0) is 55.2 Å². The Morgan fingerprint density at radius 1 is 0.929 bits per heavy atom. The van der Waals surface area contributed by atoms with Crippen molar-refractivity contribution < 1.29 is 13.2 Å². The molecule has 148 valence electrons. The van der Waals surface area contributed by atoms with Crippen LogP contribution < -0.4 is 9.62 Å². The Labute approximate surface area is 166 Å². The number of carbonyl (C=O) groups is 1. The van der Waals surface area contributed by atoms with Gasteiger partial charge in [-0.3, -0.25) is 4.79 Å². The van der Waals surface area contributed by atoms with E-state index in [-0.39, 0.29) is 16.8 Å². The van der Waals surface area contributed by atoms with Crippen LogP contribution in [0.4, 0.5) is 5.69 Å². The SMILES string of the molecule is O=C(c1ccc(S(=O)(=O)NC2CCCCCC2)cc1)N1CCc2ccccc21. The van der Waals surface area contributed by atoms with Crippen LogP contribution >= 0.6 is 0 Å². The first-order valence-corrected chi connectivity index (χ1v) is 11.5. The number of fused-ring (bicyclic) bond motifs is 1. The molecule has 28 heavy (non-hydrogen) atoms. The standard InChI is InChI=1S/C22H26N2O3S/c25-22(24-16-15-17-7-5-6-10-21(17)24)18-11-13-20(14-12-18)28(26,27)23-19-8-3-1-2-4-9-19/h5-7,10-14,19,23H,1-4,8-9,15-16H2. The highest BCUT2D eigenvalue weighted by Crippen LogP contribution is 2.29. The molecule has 6 heteroatoms. The molecule has 1 saturated carbocycles. The number of anilines is 1. The first-order chi connectivity index (χ1) is 13.5. The Bertz CT molecular complexity index is 946. The smallest absolute Gasteiger partial charge is 0.258 e. The largest absolute Gasteiger partial charge is 0.308 e. The van der Waals surface area contributed by atoms with E-state index in [9.17, 15) is 13.2 Å². The summed E-state index contributed by atoms with van der Waals surface area (Å²) in [6, 6.07) is 14.2. The minimum absolute atomic E-state index is 0.00918. The van der Waals surface area contributed by atoms with Gasteiger partial charge in [-0.25, -0.2) is 13.1 Å². The molecule has 0 unspecified atom stereocenters. The van der Waals surface area contributed by atoms with Crippen molar-refractivity contribution in [2.75, 3.05) is 11.4 Å². The van der Waals surface area contributed by atoms with Gasteiger partial charge in [0.25, 0.3) is 5.91 Å². The summed E-state index contributed by atoms with van der Waals surface area (Å²) in [6.45, 7) is 0.654. The number of para-hydroxylation sites is 1. The first kappa shape index (κ1) is 19.2. The van der Waals surface area contributed by atoms with Crippen molar-refractivity contribution >= 4 is 21.6 Å². The number of nitrogens with zero attached hydrogens (tertiary/aromatic N) is 1. The van der Waals surface area contributed by atoms with E-state index in [0.717, 1.165) is 37.8 Å². The molecule has 4 rings (SSSR count). The van der Waals surface area contributed by atoms with Gasteiger partial charge in [0.1, 0.15) is 0 Å². The number of benzene rings is 2. The molecule has 0 atom stereocenters. The van der Waals surface area contributed by atoms with Gasteiger partial charge in [-0.1, -0.05) is 43.9 Å². The second-order valence-electron chi connectivity index (χ2n) is 7.67. The molecular weight excluding hydrogens is 372 g/mol. The molecule has 0 aromatic heterocycles. The lowest BCUT2D eigenvalue weighted by molar-refractivity contribution is 0.0989. The van der Waals surface area contributed by atoms with E-state index in [4.69, 9.17) is 0 Å². The van der Waals surface area contributed by atoms with Crippen molar-refractivity contribution in [2.45, 2.75) is 55.9 Å². The molecule has 0 spiro atoms. The highest BCUT2D eigenvalue weighted by molar-refractivity contribution is 7.89. The van der Waals surface area contributed by atoms with Gasteiger partial charge < -0.3 is 4.90 Å². The summed E-state index contributed by atoms with van der Waals surface area (Å²) in [6.07, 6.45) is 7.12. The highest BCUT2D eigenvalue weighted by Gasteiger charge is 2.26. The molecular formula is C22H26N2O3S. The Morgan fingerprint density at radius 3 is 2.32 bits per heavy atom. The molecule has 0 bridgehead atoms. The van der Waals surface area contributed by atoms with Crippen LogP contribution in [0.3, 0.4) is 0 Å². The Hall–Kier alpha value is -2.18. The van der Waals surface area contributed by atoms with Gasteiger partial charge in [0, 0.05) is 23.8 Å². The fourth-order valence-electron chi connectivity index (χ4n) is 4.17. The van der Waals surface area contributed by atoms with Crippen molar-refractivity contribution in [1.82, 2.24) is 4.72 Å². The monoisotopic (exact) mass is 398 g/mol. The Kier molecular flexibility index (Phi) is 5.51. The van der Waals surface area contributed by atoms with E-state index >= 15 is 0 Å². The lowest BCUT2D eigenvalue weighted by Crippen LogP contribution is -2.34. The van der Waals surface area contributed by atoms with Gasteiger partial charge in [-0.2, -0.15) is 0 Å². The number of sulfonamides is 1. The number of nitrogens with one attached hydrogen (secondary N) is 1. The Balaban J connectivity index is 1.48. The maximum Gasteiger partial charge on any atom is 0.258 e. The summed E-state index contributed by atoms with van der Waals surface area (Å²) in [4.78, 5) is 14.9. The molecule has 5 nitrogen and oxygen atoms in total. The maximum absolute atomic E-state index is 12.9. The summed E-state index contributed by atoms with van der Waals surface area (Å²) < 4.78 is 28.3. The molecule has 1 fully saturated rings. The van der Waals surface area contributed by atoms with Crippen LogP contribution in [0, 0.1) is 0 Å². The van der Waals surface area contributed by atoms with Crippen LogP contribution in [0.1, 0.15) is 54.4 Å². The average molecular weight is 399 g/mol. The van der Waals surface area contributed by atoms with Crippen molar-refractivity contribution in [2.24, 2.45) is 0 Å². The molecule has 2 aromatic rings. The van der Waals surface area contributed by atoms with Gasteiger partial charge in [0.15, 0.2) is 0 Å². The van der Waals surface area contributed by atoms with E-state index in [0.29, 0.717) is 12.1 Å². The van der Waals surface area contributed by atoms with Crippen LogP contribution in [0.2, 0.25) is 0 Å². The van der Waals surface area contributed by atoms with Gasteiger partial charge >= 0.3 is 0 Å². The van der Waals surface area contributed by atoms with Crippen LogP contribution in [0.25, 0.3) is 0 Å². The zero-order chi connectivity index (χ0) is 19.6. The molecule has 1 heterocycles. The second-order valence-corrected chi connectivity index (χ2v) is 9.38. The molecule has 1 amide bonds. The number of hydrogen-bond acceptors (Lipinski definition) is 3. The topological polar surface area (TPSA) is 66.5 Å². The van der Waals surface area contributed by atoms with Gasteiger partial charge in [-0.15, -0.1) is 0 Å². The third-order valence-corrected chi connectivity index (χ3v) is 7.26. The predicted molar refractivity (Wildman–Crippen MR) is 110 cm³/mol. The lowest BCUT2D eigenvalue weighted by atomic mass is 10.1. The molecule has 1 aliphatic heterocycles. The van der Waals surface area contributed by atoms with Crippen molar-refractivity contribution in [3.05, 3.63) is 59.7 Å². The quantitative estimate of drug-likeness (QED) is 0.795. The lowest BCUT2D eigenvalue weighted by Gasteiger charge is -2.18. The summed E-state index contributed by atoms with van der Waals surface area (Å²) in [7, 11) is -3.56. The number of amides is 1. The summed E-state index contributed by atoms with van der Waals surface area (Å²) in [5, 5.41) is 0. The third-order valence-electron chi connectivity index (χ3n) is 5.72. The minimum Gasteiger partial charge on any atom is -0.308 e. The molecule has 1 aliphatic carbocycles. The first-order valence-electron chi connectivity index (χ1n) is 10.1. The van der Waals surface area contributed by atoms with E-state index < -0.39 is 10.0 Å². The van der Waals surface area contributed by atoms with Crippen LogP contribution in [-0.4, -0.2) is 26.9 Å². The summed E-state index contributed by atoms with van der Waals surface area (Å²) in [5.74, 6) is -0.0920. The summed E-state index contributed by atoms with van der Waals surface area (Å²) in [5.41, 5.74) is 2.62. The van der Waals surface area contributed by atoms with E-state index in [2.05, 4.69) is 4.72 Å². The van der Waals surface area contributed by atoms with Crippen LogP contribution in [0.5, 0.6) is 0 Å². The van der Waals surface area contributed by atoms with Crippen LogP contribution in [0.15, 0.2) is 53.4 Å². The molecule has 2 aromatic carbocycles. The Morgan fingerprint density at radius 2 is 1.61 bits per heavy atom. The molecule has 2 aliphatic rings. The second kappa shape index (κ2) is 8.05. The number of hydrogen-bond donors (Lipinski definition) is 1. The van der Waals surface area contributed by atoms with Gasteiger partial charge in [0.2, 0.25) is 10.0 Å². The van der Waals surface area contributed by atoms with E-state index in [1.807, 2.05) is 24.3 Å². The third kappa shape index (κ3) is 3.98. The van der Waals surface area contributed by atoms with E-state index in [1.165, 1.54) is 30.5 Å². The normalized spacial score (nSPS) is 17.9. The molecule has 0 radical (unpaired) electrons. The minimum atomic E-state index is -3.56. The zero-order valence-corrected chi connectivity index (χ0v) is 16.7. The van der Waals surface area contributed by atoms with Crippen molar-refractivity contribution in [3.63, 3.8) is 0 Å². The van der Waals surface area contributed by atoms with E-state index in [1.54, 1.807) is 17.0 Å². The average Bonchev–Trinajstić information content (AvgIpc) is 2.97. The van der Waals surface area contributed by atoms with Crippen LogP contribution in [-0.2, 0) is 16.4 Å². The van der Waals surface area contributed by atoms with Crippen molar-refractivity contribution in [3.8, 4) is 0 Å². The number of rotatable bonds is 4. The number of carbonyl (C=O) groups excluding carboxylic acids is 1. The highest BCUT2D eigenvalue weighted by atomic mass is 32.2. The molecule has 1 N–H and O–H groups in total. The summed E-state index contributed by atoms with van der Waals surface area (Å²) >= 11 is 0. The molecule has 0 saturated heterocycles.